The molecule has 0 aliphatic carbocycles. The average Bonchev–Trinajstić information content (AvgIpc) is 2.46. The molecule has 0 heterocycles. The van der Waals surface area contributed by atoms with Gasteiger partial charge >= 0.3 is 0 Å². The third kappa shape index (κ3) is 2.60. The maximum atomic E-state index is 10.1. The molecule has 0 aliphatic heterocycles. The van der Waals surface area contributed by atoms with E-state index in [1.807, 2.05) is 30.3 Å². The highest BCUT2D eigenvalue weighted by Gasteiger charge is 2.04. The molecule has 0 bridgehead atoms. The lowest BCUT2D eigenvalue weighted by atomic mass is 10.0. The topological polar surface area (TPSA) is 20.2 Å². The predicted molar refractivity (Wildman–Crippen MR) is 79.5 cm³/mol. The van der Waals surface area contributed by atoms with Gasteiger partial charge in [0.15, 0.2) is 0 Å². The molecule has 0 spiro atoms. The first-order valence-corrected chi connectivity index (χ1v) is 6.57. The molecule has 0 saturated carbocycles. The first-order valence-electron chi connectivity index (χ1n) is 6.57. The summed E-state index contributed by atoms with van der Waals surface area (Å²) in [7, 11) is 0. The highest BCUT2D eigenvalue weighted by molar-refractivity contribution is 5.84. The standard InChI is InChI=1S/C18H16O/c19-18-13-16-9-5-4-8-15(16)12-17(18)11-10-14-6-2-1-3-7-14/h1-9,12-13,19H,10-11H2. The third-order valence-corrected chi connectivity index (χ3v) is 3.47. The Balaban J connectivity index is 1.86. The quantitative estimate of drug-likeness (QED) is 0.731. The van der Waals surface area contributed by atoms with Gasteiger partial charge < -0.3 is 5.11 Å². The Kier molecular flexibility index (Phi) is 3.20. The lowest BCUT2D eigenvalue weighted by Gasteiger charge is -2.07. The lowest BCUT2D eigenvalue weighted by Crippen LogP contribution is -1.92. The van der Waals surface area contributed by atoms with Gasteiger partial charge in [-0.25, -0.2) is 0 Å². The van der Waals surface area contributed by atoms with E-state index >= 15 is 0 Å². The highest BCUT2D eigenvalue weighted by atomic mass is 16.3. The Morgan fingerprint density at radius 2 is 1.32 bits per heavy atom. The molecule has 3 aromatic carbocycles. The SMILES string of the molecule is Oc1cc2ccccc2cc1CCc1ccccc1. The van der Waals surface area contributed by atoms with E-state index in [4.69, 9.17) is 0 Å². The number of phenolic OH excluding ortho intramolecular Hbond substituents is 1. The minimum Gasteiger partial charge on any atom is -0.508 e. The fourth-order valence-corrected chi connectivity index (χ4v) is 2.40. The van der Waals surface area contributed by atoms with Crippen molar-refractivity contribution >= 4 is 10.8 Å². The van der Waals surface area contributed by atoms with Crippen molar-refractivity contribution in [2.75, 3.05) is 0 Å². The van der Waals surface area contributed by atoms with Crippen molar-refractivity contribution in [2.24, 2.45) is 0 Å². The normalized spacial score (nSPS) is 10.7. The van der Waals surface area contributed by atoms with Crippen molar-refractivity contribution in [1.29, 1.82) is 0 Å². The molecular weight excluding hydrogens is 232 g/mol. The van der Waals surface area contributed by atoms with Gasteiger partial charge in [0.2, 0.25) is 0 Å². The van der Waals surface area contributed by atoms with Crippen molar-refractivity contribution < 1.29 is 5.11 Å². The van der Waals surface area contributed by atoms with Gasteiger partial charge in [-0.05, 0) is 46.9 Å². The summed E-state index contributed by atoms with van der Waals surface area (Å²) in [6.45, 7) is 0. The molecule has 0 saturated heterocycles. The van der Waals surface area contributed by atoms with Crippen LogP contribution in [0.15, 0.2) is 66.7 Å². The Bertz CT molecular complexity index is 686. The van der Waals surface area contributed by atoms with E-state index in [1.54, 1.807) is 0 Å². The second kappa shape index (κ2) is 5.15. The first-order chi connectivity index (χ1) is 9.33. The van der Waals surface area contributed by atoms with Crippen LogP contribution in [0.1, 0.15) is 11.1 Å². The summed E-state index contributed by atoms with van der Waals surface area (Å²) in [5.74, 6) is 0.398. The van der Waals surface area contributed by atoms with Gasteiger partial charge in [-0.3, -0.25) is 0 Å². The van der Waals surface area contributed by atoms with Crippen LogP contribution in [0.2, 0.25) is 0 Å². The summed E-state index contributed by atoms with van der Waals surface area (Å²) in [6.07, 6.45) is 1.81. The largest absolute Gasteiger partial charge is 0.508 e. The summed E-state index contributed by atoms with van der Waals surface area (Å²) in [4.78, 5) is 0. The van der Waals surface area contributed by atoms with Crippen molar-refractivity contribution in [3.63, 3.8) is 0 Å². The molecule has 0 atom stereocenters. The molecule has 19 heavy (non-hydrogen) atoms. The van der Waals surface area contributed by atoms with Gasteiger partial charge in [0, 0.05) is 0 Å². The van der Waals surface area contributed by atoms with Gasteiger partial charge in [-0.2, -0.15) is 0 Å². The van der Waals surface area contributed by atoms with Crippen LogP contribution in [0.25, 0.3) is 10.8 Å². The van der Waals surface area contributed by atoms with E-state index in [0.29, 0.717) is 5.75 Å². The van der Waals surface area contributed by atoms with Gasteiger partial charge in [0.25, 0.3) is 0 Å². The number of phenols is 1. The molecule has 1 nitrogen and oxygen atoms in total. The zero-order valence-electron chi connectivity index (χ0n) is 10.7. The number of aromatic hydroxyl groups is 1. The van der Waals surface area contributed by atoms with Crippen LogP contribution in [-0.2, 0) is 12.8 Å². The molecule has 0 fully saturated rings. The maximum Gasteiger partial charge on any atom is 0.119 e. The molecule has 94 valence electrons. The molecule has 1 N–H and O–H groups in total. The second-order valence-corrected chi connectivity index (χ2v) is 4.81. The Labute approximate surface area is 113 Å². The van der Waals surface area contributed by atoms with E-state index < -0.39 is 0 Å². The number of fused-ring (bicyclic) bond motifs is 1. The summed E-state index contributed by atoms with van der Waals surface area (Å²) in [5, 5.41) is 12.4. The monoisotopic (exact) mass is 248 g/mol. The van der Waals surface area contributed by atoms with Gasteiger partial charge in [0.1, 0.15) is 5.75 Å². The fraction of sp³-hybridized carbons (Fsp3) is 0.111. The molecule has 0 aromatic heterocycles. The van der Waals surface area contributed by atoms with E-state index in [2.05, 4.69) is 36.4 Å². The Morgan fingerprint density at radius 1 is 0.684 bits per heavy atom. The van der Waals surface area contributed by atoms with Crippen molar-refractivity contribution in [3.8, 4) is 5.75 Å². The van der Waals surface area contributed by atoms with Crippen LogP contribution in [-0.4, -0.2) is 5.11 Å². The van der Waals surface area contributed by atoms with E-state index in [0.717, 1.165) is 23.8 Å². The molecule has 0 amide bonds. The third-order valence-electron chi connectivity index (χ3n) is 3.47. The average molecular weight is 248 g/mol. The van der Waals surface area contributed by atoms with Crippen molar-refractivity contribution in [1.82, 2.24) is 0 Å². The van der Waals surface area contributed by atoms with Crippen LogP contribution in [0.5, 0.6) is 5.75 Å². The van der Waals surface area contributed by atoms with Gasteiger partial charge in [-0.15, -0.1) is 0 Å². The summed E-state index contributed by atoms with van der Waals surface area (Å²) < 4.78 is 0. The van der Waals surface area contributed by atoms with E-state index in [1.165, 1.54) is 10.9 Å². The molecule has 0 aliphatic rings. The minimum absolute atomic E-state index is 0.398. The Hall–Kier alpha value is -2.28. The number of hydrogen-bond donors (Lipinski definition) is 1. The zero-order chi connectivity index (χ0) is 13.1. The van der Waals surface area contributed by atoms with Gasteiger partial charge in [-0.1, -0.05) is 54.6 Å². The lowest BCUT2D eigenvalue weighted by molar-refractivity contribution is 0.469. The number of hydrogen-bond acceptors (Lipinski definition) is 1. The summed E-state index contributed by atoms with van der Waals surface area (Å²) in [6, 6.07) is 22.4. The Morgan fingerprint density at radius 3 is 2.05 bits per heavy atom. The molecule has 1 heteroatoms. The molecule has 0 unspecified atom stereocenters. The molecule has 3 aromatic rings. The number of rotatable bonds is 3. The summed E-state index contributed by atoms with van der Waals surface area (Å²) in [5.41, 5.74) is 2.32. The van der Waals surface area contributed by atoms with E-state index in [-0.39, 0.29) is 0 Å². The van der Waals surface area contributed by atoms with Crippen molar-refractivity contribution in [2.45, 2.75) is 12.8 Å². The number of benzene rings is 3. The van der Waals surface area contributed by atoms with Crippen LogP contribution >= 0.6 is 0 Å². The maximum absolute atomic E-state index is 10.1. The minimum atomic E-state index is 0.398. The second-order valence-electron chi connectivity index (χ2n) is 4.81. The number of aryl methyl sites for hydroxylation is 2. The van der Waals surface area contributed by atoms with Crippen LogP contribution in [0.4, 0.5) is 0 Å². The zero-order valence-corrected chi connectivity index (χ0v) is 10.7. The first kappa shape index (κ1) is 11.8. The highest BCUT2D eigenvalue weighted by Crippen LogP contribution is 2.26. The predicted octanol–water partition coefficient (Wildman–Crippen LogP) is 4.33. The molecule has 0 radical (unpaired) electrons. The molecule has 3 rings (SSSR count). The van der Waals surface area contributed by atoms with Gasteiger partial charge in [0.05, 0.1) is 0 Å². The van der Waals surface area contributed by atoms with Crippen molar-refractivity contribution in [3.05, 3.63) is 77.9 Å². The smallest absolute Gasteiger partial charge is 0.119 e. The fourth-order valence-electron chi connectivity index (χ4n) is 2.40. The molecular formula is C18H16O. The van der Waals surface area contributed by atoms with E-state index in [9.17, 15) is 5.11 Å². The van der Waals surface area contributed by atoms with Crippen LogP contribution in [0.3, 0.4) is 0 Å². The van der Waals surface area contributed by atoms with Crippen LogP contribution in [0, 0.1) is 0 Å². The van der Waals surface area contributed by atoms with Crippen LogP contribution < -0.4 is 0 Å². The summed E-state index contributed by atoms with van der Waals surface area (Å²) >= 11 is 0.